The summed E-state index contributed by atoms with van der Waals surface area (Å²) in [5.74, 6) is 0.140. The second kappa shape index (κ2) is 6.86. The topological polar surface area (TPSA) is 91.5 Å². The Morgan fingerprint density at radius 2 is 2.06 bits per heavy atom. The molecule has 5 N–H and O–H groups in total. The van der Waals surface area contributed by atoms with Gasteiger partial charge in [0, 0.05) is 11.6 Å². The Balaban J connectivity index is 2.77. The van der Waals surface area contributed by atoms with Crippen molar-refractivity contribution in [3.63, 3.8) is 0 Å². The summed E-state index contributed by atoms with van der Waals surface area (Å²) in [6.45, 7) is 2.93. The van der Waals surface area contributed by atoms with E-state index < -0.39 is 0 Å². The maximum Gasteiger partial charge on any atom is 0.198 e. The summed E-state index contributed by atoms with van der Waals surface area (Å²) in [4.78, 5) is 5.68. The lowest BCUT2D eigenvalue weighted by Gasteiger charge is -2.20. The molecular formula is C12H18ClN5. The predicted octanol–water partition coefficient (Wildman–Crippen LogP) is 1.76. The van der Waals surface area contributed by atoms with Crippen molar-refractivity contribution in [3.05, 3.63) is 34.9 Å². The smallest absolute Gasteiger partial charge is 0.198 e. The quantitative estimate of drug-likeness (QED) is 0.573. The highest BCUT2D eigenvalue weighted by atomic mass is 35.5. The van der Waals surface area contributed by atoms with Crippen LogP contribution in [0.25, 0.3) is 0 Å². The SMILES string of the molecule is CCCN(C(=N)N)C(N)=NCc1ccccc1Cl. The van der Waals surface area contributed by atoms with Gasteiger partial charge in [0.1, 0.15) is 0 Å². The van der Waals surface area contributed by atoms with Gasteiger partial charge in [-0.15, -0.1) is 0 Å². The molecule has 1 rings (SSSR count). The number of hydrogen-bond donors (Lipinski definition) is 3. The Labute approximate surface area is 112 Å². The van der Waals surface area contributed by atoms with Crippen molar-refractivity contribution >= 4 is 23.5 Å². The van der Waals surface area contributed by atoms with Gasteiger partial charge in [0.2, 0.25) is 0 Å². The van der Waals surface area contributed by atoms with Crippen LogP contribution in [-0.4, -0.2) is 23.4 Å². The summed E-state index contributed by atoms with van der Waals surface area (Å²) in [5.41, 5.74) is 12.2. The van der Waals surface area contributed by atoms with E-state index in [2.05, 4.69) is 4.99 Å². The first kappa shape index (κ1) is 14.3. The first-order valence-electron chi connectivity index (χ1n) is 5.71. The van der Waals surface area contributed by atoms with Crippen LogP contribution in [-0.2, 0) is 6.54 Å². The van der Waals surface area contributed by atoms with Crippen molar-refractivity contribution in [2.75, 3.05) is 6.54 Å². The zero-order valence-corrected chi connectivity index (χ0v) is 11.1. The normalized spacial score (nSPS) is 11.3. The van der Waals surface area contributed by atoms with Gasteiger partial charge in [0.25, 0.3) is 0 Å². The van der Waals surface area contributed by atoms with Crippen molar-refractivity contribution < 1.29 is 0 Å². The molecule has 0 saturated heterocycles. The second-order valence-corrected chi connectivity index (χ2v) is 4.21. The molecule has 98 valence electrons. The minimum absolute atomic E-state index is 0.0998. The number of aliphatic imine (C=N–C) groups is 1. The van der Waals surface area contributed by atoms with Gasteiger partial charge >= 0.3 is 0 Å². The number of halogens is 1. The third kappa shape index (κ3) is 3.92. The van der Waals surface area contributed by atoms with E-state index in [1.807, 2.05) is 25.1 Å². The molecular weight excluding hydrogens is 250 g/mol. The number of benzene rings is 1. The fourth-order valence-electron chi connectivity index (χ4n) is 1.46. The highest BCUT2D eigenvalue weighted by Crippen LogP contribution is 2.15. The minimum atomic E-state index is -0.0998. The van der Waals surface area contributed by atoms with E-state index in [0.717, 1.165) is 12.0 Å². The van der Waals surface area contributed by atoms with Crippen LogP contribution in [0.1, 0.15) is 18.9 Å². The molecule has 18 heavy (non-hydrogen) atoms. The van der Waals surface area contributed by atoms with Crippen molar-refractivity contribution in [1.29, 1.82) is 5.41 Å². The summed E-state index contributed by atoms with van der Waals surface area (Å²) < 4.78 is 0. The molecule has 0 aliphatic rings. The van der Waals surface area contributed by atoms with E-state index in [9.17, 15) is 0 Å². The van der Waals surface area contributed by atoms with Crippen molar-refractivity contribution in [2.24, 2.45) is 16.5 Å². The highest BCUT2D eigenvalue weighted by Gasteiger charge is 2.09. The molecule has 0 saturated carbocycles. The molecule has 0 fully saturated rings. The molecule has 0 aliphatic heterocycles. The second-order valence-electron chi connectivity index (χ2n) is 3.80. The van der Waals surface area contributed by atoms with Crippen LogP contribution in [0.3, 0.4) is 0 Å². The van der Waals surface area contributed by atoms with Gasteiger partial charge in [-0.25, -0.2) is 4.99 Å². The molecule has 0 atom stereocenters. The molecule has 1 aromatic rings. The van der Waals surface area contributed by atoms with Crippen LogP contribution in [0.4, 0.5) is 0 Å². The van der Waals surface area contributed by atoms with E-state index in [1.54, 1.807) is 6.07 Å². The van der Waals surface area contributed by atoms with E-state index in [4.69, 9.17) is 28.5 Å². The first-order valence-corrected chi connectivity index (χ1v) is 6.09. The van der Waals surface area contributed by atoms with Crippen LogP contribution in [0, 0.1) is 5.41 Å². The van der Waals surface area contributed by atoms with Gasteiger partial charge in [-0.3, -0.25) is 10.3 Å². The summed E-state index contributed by atoms with van der Waals surface area (Å²) in [6.07, 6.45) is 0.835. The fourth-order valence-corrected chi connectivity index (χ4v) is 1.66. The maximum absolute atomic E-state index is 7.43. The molecule has 6 heteroatoms. The van der Waals surface area contributed by atoms with Gasteiger partial charge in [-0.1, -0.05) is 36.7 Å². The molecule has 0 radical (unpaired) electrons. The average molecular weight is 268 g/mol. The number of guanidine groups is 2. The van der Waals surface area contributed by atoms with E-state index in [0.29, 0.717) is 18.1 Å². The third-order valence-electron chi connectivity index (χ3n) is 2.38. The van der Waals surface area contributed by atoms with E-state index in [1.165, 1.54) is 4.90 Å². The lowest BCUT2D eigenvalue weighted by atomic mass is 10.2. The van der Waals surface area contributed by atoms with Gasteiger partial charge in [-0.05, 0) is 18.1 Å². The third-order valence-corrected chi connectivity index (χ3v) is 2.75. The lowest BCUT2D eigenvalue weighted by molar-refractivity contribution is 0.575. The zero-order chi connectivity index (χ0) is 13.5. The summed E-state index contributed by atoms with van der Waals surface area (Å²) >= 11 is 6.02. The molecule has 5 nitrogen and oxygen atoms in total. The largest absolute Gasteiger partial charge is 0.370 e. The molecule has 0 amide bonds. The van der Waals surface area contributed by atoms with Crippen LogP contribution in [0.5, 0.6) is 0 Å². The molecule has 0 heterocycles. The Kier molecular flexibility index (Phi) is 5.45. The number of nitrogens with two attached hydrogens (primary N) is 2. The average Bonchev–Trinajstić information content (AvgIpc) is 2.34. The molecule has 0 aromatic heterocycles. The van der Waals surface area contributed by atoms with Crippen LogP contribution in [0.15, 0.2) is 29.3 Å². The molecule has 0 spiro atoms. The maximum atomic E-state index is 7.43. The molecule has 0 bridgehead atoms. The lowest BCUT2D eigenvalue weighted by Crippen LogP contribution is -2.45. The Morgan fingerprint density at radius 3 is 2.61 bits per heavy atom. The number of rotatable bonds is 4. The monoisotopic (exact) mass is 267 g/mol. The fraction of sp³-hybridized carbons (Fsp3) is 0.333. The minimum Gasteiger partial charge on any atom is -0.370 e. The number of nitrogens with zero attached hydrogens (tertiary/aromatic N) is 2. The molecule has 1 aromatic carbocycles. The van der Waals surface area contributed by atoms with Crippen molar-refractivity contribution in [3.8, 4) is 0 Å². The van der Waals surface area contributed by atoms with Crippen LogP contribution >= 0.6 is 11.6 Å². The van der Waals surface area contributed by atoms with Gasteiger partial charge < -0.3 is 11.5 Å². The van der Waals surface area contributed by atoms with Crippen LogP contribution in [0.2, 0.25) is 5.02 Å². The highest BCUT2D eigenvalue weighted by molar-refractivity contribution is 6.31. The standard InChI is InChI=1S/C12H18ClN5/c1-2-7-18(11(14)15)12(16)17-8-9-5-3-4-6-10(9)13/h3-6H,2,7-8H2,1H3,(H3,14,15)(H2,16,17). The summed E-state index contributed by atoms with van der Waals surface area (Å²) in [6, 6.07) is 7.44. The van der Waals surface area contributed by atoms with Gasteiger partial charge in [-0.2, -0.15) is 0 Å². The Morgan fingerprint density at radius 1 is 1.39 bits per heavy atom. The van der Waals surface area contributed by atoms with Crippen LogP contribution < -0.4 is 11.5 Å². The number of nitrogens with one attached hydrogen (secondary N) is 1. The van der Waals surface area contributed by atoms with E-state index >= 15 is 0 Å². The number of hydrogen-bond acceptors (Lipinski definition) is 2. The van der Waals surface area contributed by atoms with E-state index in [-0.39, 0.29) is 11.9 Å². The van der Waals surface area contributed by atoms with Crippen molar-refractivity contribution in [2.45, 2.75) is 19.9 Å². The summed E-state index contributed by atoms with van der Waals surface area (Å²) in [7, 11) is 0. The molecule has 0 aliphatic carbocycles. The Hall–Kier alpha value is -1.75. The Bertz CT molecular complexity index is 444. The first-order chi connectivity index (χ1) is 8.56. The molecule has 0 unspecified atom stereocenters. The van der Waals surface area contributed by atoms with Gasteiger partial charge in [0.15, 0.2) is 11.9 Å². The summed E-state index contributed by atoms with van der Waals surface area (Å²) in [5, 5.41) is 8.08. The van der Waals surface area contributed by atoms with Gasteiger partial charge in [0.05, 0.1) is 6.54 Å². The predicted molar refractivity (Wildman–Crippen MR) is 75.7 cm³/mol. The zero-order valence-electron chi connectivity index (χ0n) is 10.4. The van der Waals surface area contributed by atoms with Crippen molar-refractivity contribution in [1.82, 2.24) is 4.90 Å².